The second kappa shape index (κ2) is 9.26. The number of anilines is 2. The van der Waals surface area contributed by atoms with Crippen molar-refractivity contribution in [1.29, 1.82) is 0 Å². The molecule has 0 unspecified atom stereocenters. The third-order valence-electron chi connectivity index (χ3n) is 4.41. The summed E-state index contributed by atoms with van der Waals surface area (Å²) in [5, 5.41) is 2.92. The first kappa shape index (κ1) is 20.6. The average molecular weight is 374 g/mol. The standard InChI is InChI=1S/C21H24F2N2O2/c1-4-15-7-6-8-16(5-2)21(15)24-20(27)11-12-25(14(3)26)19-10-9-17(22)13-18(19)23/h6-10,13H,4-5,11-12H2,1-3H3,(H,24,27). The summed E-state index contributed by atoms with van der Waals surface area (Å²) in [5.74, 6) is -2.24. The van der Waals surface area contributed by atoms with Gasteiger partial charge in [-0.2, -0.15) is 0 Å². The normalized spacial score (nSPS) is 10.6. The van der Waals surface area contributed by atoms with Crippen LogP contribution >= 0.6 is 0 Å². The van der Waals surface area contributed by atoms with Crippen LogP contribution in [0.2, 0.25) is 0 Å². The number of rotatable bonds is 7. The number of carbonyl (C=O) groups is 2. The second-order valence-electron chi connectivity index (χ2n) is 6.22. The first-order valence-corrected chi connectivity index (χ1v) is 9.01. The maximum absolute atomic E-state index is 14.0. The number of benzene rings is 2. The fraction of sp³-hybridized carbons (Fsp3) is 0.333. The van der Waals surface area contributed by atoms with Crippen LogP contribution < -0.4 is 10.2 Å². The van der Waals surface area contributed by atoms with Gasteiger partial charge in [-0.1, -0.05) is 32.0 Å². The van der Waals surface area contributed by atoms with Crippen molar-refractivity contribution >= 4 is 23.2 Å². The maximum Gasteiger partial charge on any atom is 0.226 e. The topological polar surface area (TPSA) is 49.4 Å². The largest absolute Gasteiger partial charge is 0.326 e. The Morgan fingerprint density at radius 1 is 1.04 bits per heavy atom. The highest BCUT2D eigenvalue weighted by atomic mass is 19.1. The molecular formula is C21H24F2N2O2. The molecule has 0 heterocycles. The molecule has 2 amide bonds. The third-order valence-corrected chi connectivity index (χ3v) is 4.41. The zero-order valence-corrected chi connectivity index (χ0v) is 15.8. The van der Waals surface area contributed by atoms with E-state index in [1.807, 2.05) is 32.0 Å². The van der Waals surface area contributed by atoms with E-state index in [0.29, 0.717) is 0 Å². The van der Waals surface area contributed by atoms with Crippen molar-refractivity contribution in [3.63, 3.8) is 0 Å². The van der Waals surface area contributed by atoms with Crippen molar-refractivity contribution in [1.82, 2.24) is 0 Å². The minimum Gasteiger partial charge on any atom is -0.326 e. The van der Waals surface area contributed by atoms with Gasteiger partial charge in [0.15, 0.2) is 0 Å². The van der Waals surface area contributed by atoms with E-state index in [1.54, 1.807) is 0 Å². The summed E-state index contributed by atoms with van der Waals surface area (Å²) in [5.41, 5.74) is 2.83. The molecule has 2 rings (SSSR count). The van der Waals surface area contributed by atoms with Gasteiger partial charge >= 0.3 is 0 Å². The van der Waals surface area contributed by atoms with Gasteiger partial charge in [-0.3, -0.25) is 9.59 Å². The van der Waals surface area contributed by atoms with Gasteiger partial charge in [0.1, 0.15) is 11.6 Å². The Labute approximate surface area is 158 Å². The van der Waals surface area contributed by atoms with Crippen LogP contribution in [0, 0.1) is 11.6 Å². The molecule has 0 saturated carbocycles. The van der Waals surface area contributed by atoms with Crippen LogP contribution in [0.5, 0.6) is 0 Å². The van der Waals surface area contributed by atoms with Gasteiger partial charge in [-0.05, 0) is 36.1 Å². The first-order chi connectivity index (χ1) is 12.9. The summed E-state index contributed by atoms with van der Waals surface area (Å²) in [4.78, 5) is 25.5. The van der Waals surface area contributed by atoms with Gasteiger partial charge in [0.25, 0.3) is 0 Å². The number of aryl methyl sites for hydroxylation is 2. The highest BCUT2D eigenvalue weighted by molar-refractivity contribution is 5.95. The number of nitrogens with one attached hydrogen (secondary N) is 1. The highest BCUT2D eigenvalue weighted by Crippen LogP contribution is 2.24. The van der Waals surface area contributed by atoms with Crippen LogP contribution in [-0.4, -0.2) is 18.4 Å². The molecule has 0 atom stereocenters. The molecule has 1 N–H and O–H groups in total. The Kier molecular flexibility index (Phi) is 7.05. The van der Waals surface area contributed by atoms with Gasteiger partial charge in [0.05, 0.1) is 5.69 Å². The molecule has 2 aromatic rings. The summed E-state index contributed by atoms with van der Waals surface area (Å²) >= 11 is 0. The molecule has 4 nitrogen and oxygen atoms in total. The summed E-state index contributed by atoms with van der Waals surface area (Å²) in [7, 11) is 0. The Morgan fingerprint density at radius 2 is 1.67 bits per heavy atom. The van der Waals surface area contributed by atoms with E-state index in [0.717, 1.165) is 46.7 Å². The van der Waals surface area contributed by atoms with Gasteiger partial charge in [0.2, 0.25) is 11.8 Å². The molecule has 0 aliphatic heterocycles. The summed E-state index contributed by atoms with van der Waals surface area (Å²) in [6, 6.07) is 8.89. The van der Waals surface area contributed by atoms with E-state index < -0.39 is 17.5 Å². The number of hydrogen-bond acceptors (Lipinski definition) is 2. The summed E-state index contributed by atoms with van der Waals surface area (Å²) in [6.07, 6.45) is 1.56. The molecule has 0 aromatic heterocycles. The van der Waals surface area contributed by atoms with Crippen LogP contribution in [0.25, 0.3) is 0 Å². The molecule has 27 heavy (non-hydrogen) atoms. The Morgan fingerprint density at radius 3 is 2.19 bits per heavy atom. The molecule has 0 aliphatic carbocycles. The van der Waals surface area contributed by atoms with Crippen LogP contribution in [-0.2, 0) is 22.4 Å². The smallest absolute Gasteiger partial charge is 0.226 e. The molecule has 2 aromatic carbocycles. The van der Waals surface area contributed by atoms with Crippen LogP contribution in [0.15, 0.2) is 36.4 Å². The predicted molar refractivity (Wildman–Crippen MR) is 103 cm³/mol. The molecule has 6 heteroatoms. The van der Waals surface area contributed by atoms with Crippen molar-refractivity contribution in [2.45, 2.75) is 40.0 Å². The molecular weight excluding hydrogens is 350 g/mol. The number of amides is 2. The average Bonchev–Trinajstić information content (AvgIpc) is 2.63. The lowest BCUT2D eigenvalue weighted by Gasteiger charge is -2.22. The van der Waals surface area contributed by atoms with E-state index in [2.05, 4.69) is 5.32 Å². The molecule has 0 radical (unpaired) electrons. The molecule has 0 bridgehead atoms. The fourth-order valence-corrected chi connectivity index (χ4v) is 2.97. The van der Waals surface area contributed by atoms with E-state index >= 15 is 0 Å². The molecule has 0 spiro atoms. The minimum atomic E-state index is -0.838. The number of para-hydroxylation sites is 1. The lowest BCUT2D eigenvalue weighted by molar-refractivity contribution is -0.117. The number of hydrogen-bond donors (Lipinski definition) is 1. The third kappa shape index (κ3) is 5.12. The van der Waals surface area contributed by atoms with E-state index in [9.17, 15) is 18.4 Å². The minimum absolute atomic E-state index is 0.000527. The van der Waals surface area contributed by atoms with Crippen LogP contribution in [0.1, 0.15) is 38.3 Å². The van der Waals surface area contributed by atoms with Crippen molar-refractivity contribution in [3.8, 4) is 0 Å². The van der Waals surface area contributed by atoms with Crippen molar-refractivity contribution in [2.75, 3.05) is 16.8 Å². The van der Waals surface area contributed by atoms with Crippen LogP contribution in [0.4, 0.5) is 20.2 Å². The van der Waals surface area contributed by atoms with Gasteiger partial charge in [-0.25, -0.2) is 8.78 Å². The van der Waals surface area contributed by atoms with E-state index in [1.165, 1.54) is 13.0 Å². The lowest BCUT2D eigenvalue weighted by atomic mass is 10.0. The van der Waals surface area contributed by atoms with E-state index in [4.69, 9.17) is 0 Å². The monoisotopic (exact) mass is 374 g/mol. The molecule has 144 valence electrons. The van der Waals surface area contributed by atoms with Crippen LogP contribution in [0.3, 0.4) is 0 Å². The number of carbonyl (C=O) groups excluding carboxylic acids is 2. The lowest BCUT2D eigenvalue weighted by Crippen LogP contribution is -2.32. The summed E-state index contributed by atoms with van der Waals surface area (Å²) < 4.78 is 27.1. The summed E-state index contributed by atoms with van der Waals surface area (Å²) in [6.45, 7) is 5.31. The Balaban J connectivity index is 2.12. The second-order valence-corrected chi connectivity index (χ2v) is 6.22. The van der Waals surface area contributed by atoms with Gasteiger partial charge < -0.3 is 10.2 Å². The zero-order valence-electron chi connectivity index (χ0n) is 15.8. The number of halogens is 2. The molecule has 0 fully saturated rings. The zero-order chi connectivity index (χ0) is 20.0. The predicted octanol–water partition coefficient (Wildman–Crippen LogP) is 4.47. The quantitative estimate of drug-likeness (QED) is 0.777. The molecule has 0 aliphatic rings. The van der Waals surface area contributed by atoms with Gasteiger partial charge in [0, 0.05) is 31.6 Å². The van der Waals surface area contributed by atoms with E-state index in [-0.39, 0.29) is 24.6 Å². The SMILES string of the molecule is CCc1cccc(CC)c1NC(=O)CCN(C(C)=O)c1ccc(F)cc1F. The fourth-order valence-electron chi connectivity index (χ4n) is 2.97. The Bertz CT molecular complexity index is 815. The van der Waals surface area contributed by atoms with Crippen molar-refractivity contribution in [2.24, 2.45) is 0 Å². The highest BCUT2D eigenvalue weighted by Gasteiger charge is 2.18. The number of nitrogens with zero attached hydrogens (tertiary/aromatic N) is 1. The Hall–Kier alpha value is -2.76. The molecule has 0 saturated heterocycles. The van der Waals surface area contributed by atoms with Gasteiger partial charge in [-0.15, -0.1) is 0 Å². The van der Waals surface area contributed by atoms with Crippen molar-refractivity contribution in [3.05, 3.63) is 59.2 Å². The maximum atomic E-state index is 14.0. The van der Waals surface area contributed by atoms with Crippen molar-refractivity contribution < 1.29 is 18.4 Å². The first-order valence-electron chi connectivity index (χ1n) is 9.01.